The molecule has 1 aliphatic rings. The number of nitrogens with zero attached hydrogens (tertiary/aromatic N) is 1. The van der Waals surface area contributed by atoms with Gasteiger partial charge in [-0.25, -0.2) is 4.98 Å². The number of rotatable bonds is 2. The van der Waals surface area contributed by atoms with E-state index in [-0.39, 0.29) is 5.91 Å². The fraction of sp³-hybridized carbons (Fsp3) is 0.273. The summed E-state index contributed by atoms with van der Waals surface area (Å²) in [5.41, 5.74) is 1.94. The molecule has 1 amide bonds. The number of carbonyl (C=O) groups excluding carboxylic acids is 1. The van der Waals surface area contributed by atoms with Crippen molar-refractivity contribution in [1.29, 1.82) is 0 Å². The van der Waals surface area contributed by atoms with Gasteiger partial charge in [0, 0.05) is 5.56 Å². The monoisotopic (exact) mass is 238 g/mol. The smallest absolute Gasteiger partial charge is 0.259 e. The van der Waals surface area contributed by atoms with Gasteiger partial charge in [0.25, 0.3) is 5.91 Å². The van der Waals surface area contributed by atoms with Crippen LogP contribution in [0.3, 0.4) is 0 Å². The van der Waals surface area contributed by atoms with Crippen LogP contribution in [-0.4, -0.2) is 17.5 Å². The lowest BCUT2D eigenvalue weighted by Crippen LogP contribution is -2.06. The average molecular weight is 239 g/mol. The minimum absolute atomic E-state index is 0.176. The molecule has 0 bridgehead atoms. The van der Waals surface area contributed by atoms with Crippen LogP contribution in [0.5, 0.6) is 0 Å². The fourth-order valence-electron chi connectivity index (χ4n) is 1.68. The van der Waals surface area contributed by atoms with E-state index in [9.17, 15) is 4.79 Å². The van der Waals surface area contributed by atoms with Crippen LogP contribution in [0.2, 0.25) is 5.15 Å². The lowest BCUT2D eigenvalue weighted by Gasteiger charge is -2.06. The Kier molecular flexibility index (Phi) is 2.83. The van der Waals surface area contributed by atoms with E-state index in [4.69, 9.17) is 16.3 Å². The Morgan fingerprint density at radius 1 is 1.62 bits per heavy atom. The number of ether oxygens (including phenoxy) is 1. The quantitative estimate of drug-likeness (QED) is 0.489. The number of aromatic nitrogens is 1. The van der Waals surface area contributed by atoms with Crippen molar-refractivity contribution in [2.45, 2.75) is 13.8 Å². The van der Waals surface area contributed by atoms with Gasteiger partial charge in [-0.05, 0) is 19.9 Å². The van der Waals surface area contributed by atoms with Crippen LogP contribution in [0.25, 0.3) is 5.57 Å². The first-order chi connectivity index (χ1) is 7.63. The Morgan fingerprint density at radius 2 is 2.38 bits per heavy atom. The number of nitrogens with one attached hydrogen (secondary N) is 1. The summed E-state index contributed by atoms with van der Waals surface area (Å²) < 4.78 is 5.35. The van der Waals surface area contributed by atoms with E-state index in [0.717, 1.165) is 5.56 Å². The van der Waals surface area contributed by atoms with E-state index in [0.29, 0.717) is 28.8 Å². The van der Waals surface area contributed by atoms with Crippen LogP contribution in [0.15, 0.2) is 18.0 Å². The van der Waals surface area contributed by atoms with E-state index in [1.54, 1.807) is 19.2 Å². The van der Waals surface area contributed by atoms with Crippen molar-refractivity contribution in [1.82, 2.24) is 4.98 Å². The summed E-state index contributed by atoms with van der Waals surface area (Å²) in [4.78, 5) is 15.7. The van der Waals surface area contributed by atoms with Gasteiger partial charge in [0.2, 0.25) is 0 Å². The van der Waals surface area contributed by atoms with Gasteiger partial charge in [0.15, 0.2) is 0 Å². The first kappa shape index (κ1) is 11.0. The zero-order valence-electron chi connectivity index (χ0n) is 9.00. The Morgan fingerprint density at radius 3 is 3.06 bits per heavy atom. The molecule has 1 N–H and O–H groups in total. The standard InChI is InChI=1S/C11H11ClN2O2/c1-3-16-6(2)10-7-4-9(12)13-5-8(7)14-11(10)15/h4-5H,3H2,1-2H3,(H,14,15)/b10-6-. The number of hydrogen-bond donors (Lipinski definition) is 1. The fourth-order valence-corrected chi connectivity index (χ4v) is 1.84. The third-order valence-electron chi connectivity index (χ3n) is 2.33. The van der Waals surface area contributed by atoms with Gasteiger partial charge in [-0.1, -0.05) is 11.6 Å². The van der Waals surface area contributed by atoms with Crippen molar-refractivity contribution in [2.75, 3.05) is 11.9 Å². The molecule has 0 fully saturated rings. The Labute approximate surface area is 98.3 Å². The van der Waals surface area contributed by atoms with Gasteiger partial charge < -0.3 is 10.1 Å². The highest BCUT2D eigenvalue weighted by Crippen LogP contribution is 2.34. The first-order valence-electron chi connectivity index (χ1n) is 4.94. The zero-order valence-corrected chi connectivity index (χ0v) is 9.76. The molecule has 0 saturated heterocycles. The van der Waals surface area contributed by atoms with Crippen molar-refractivity contribution < 1.29 is 9.53 Å². The zero-order chi connectivity index (χ0) is 11.7. The van der Waals surface area contributed by atoms with Crippen LogP contribution in [0.1, 0.15) is 19.4 Å². The lowest BCUT2D eigenvalue weighted by molar-refractivity contribution is -0.110. The second kappa shape index (κ2) is 4.14. The van der Waals surface area contributed by atoms with Crippen LogP contribution >= 0.6 is 11.6 Å². The maximum Gasteiger partial charge on any atom is 0.259 e. The van der Waals surface area contributed by atoms with Gasteiger partial charge in [0.05, 0.1) is 24.1 Å². The number of allylic oxidation sites excluding steroid dienone is 1. The third-order valence-corrected chi connectivity index (χ3v) is 2.53. The molecule has 0 saturated carbocycles. The molecule has 16 heavy (non-hydrogen) atoms. The number of pyridine rings is 1. The van der Waals surface area contributed by atoms with Crippen molar-refractivity contribution in [2.24, 2.45) is 0 Å². The highest BCUT2D eigenvalue weighted by molar-refractivity contribution is 6.34. The van der Waals surface area contributed by atoms with Crippen molar-refractivity contribution in [3.63, 3.8) is 0 Å². The third kappa shape index (κ3) is 1.76. The number of fused-ring (bicyclic) bond motifs is 1. The maximum absolute atomic E-state index is 11.7. The van der Waals surface area contributed by atoms with Gasteiger partial charge >= 0.3 is 0 Å². The van der Waals surface area contributed by atoms with E-state index in [1.165, 1.54) is 0 Å². The number of hydrogen-bond acceptors (Lipinski definition) is 3. The van der Waals surface area contributed by atoms with Crippen LogP contribution in [0.4, 0.5) is 5.69 Å². The van der Waals surface area contributed by atoms with Crippen molar-refractivity contribution in [3.05, 3.63) is 28.7 Å². The Bertz CT molecular complexity index is 483. The summed E-state index contributed by atoms with van der Waals surface area (Å²) in [5.74, 6) is 0.422. The molecule has 84 valence electrons. The summed E-state index contributed by atoms with van der Waals surface area (Å²) in [6.07, 6.45) is 1.54. The molecule has 4 nitrogen and oxygen atoms in total. The van der Waals surface area contributed by atoms with Gasteiger partial charge in [0.1, 0.15) is 10.9 Å². The van der Waals surface area contributed by atoms with Gasteiger partial charge in [-0.15, -0.1) is 0 Å². The summed E-state index contributed by atoms with van der Waals surface area (Å²) >= 11 is 5.80. The highest BCUT2D eigenvalue weighted by atomic mass is 35.5. The van der Waals surface area contributed by atoms with E-state index < -0.39 is 0 Å². The molecule has 2 heterocycles. The van der Waals surface area contributed by atoms with Crippen molar-refractivity contribution >= 4 is 28.8 Å². The number of amides is 1. The molecule has 1 aliphatic heterocycles. The molecule has 0 aliphatic carbocycles. The molecule has 1 aromatic heterocycles. The van der Waals surface area contributed by atoms with Crippen LogP contribution < -0.4 is 5.32 Å². The summed E-state index contributed by atoms with van der Waals surface area (Å²) in [6, 6.07) is 1.66. The molecule has 0 radical (unpaired) electrons. The van der Waals surface area contributed by atoms with Crippen LogP contribution in [0, 0.1) is 0 Å². The van der Waals surface area contributed by atoms with E-state index in [1.807, 2.05) is 6.92 Å². The Hall–Kier alpha value is -1.55. The van der Waals surface area contributed by atoms with Crippen molar-refractivity contribution in [3.8, 4) is 0 Å². The van der Waals surface area contributed by atoms with Crippen LogP contribution in [-0.2, 0) is 9.53 Å². The Balaban J connectivity index is 2.54. The summed E-state index contributed by atoms with van der Waals surface area (Å²) in [5, 5.41) is 3.07. The molecular weight excluding hydrogens is 228 g/mol. The summed E-state index contributed by atoms with van der Waals surface area (Å²) in [6.45, 7) is 4.16. The van der Waals surface area contributed by atoms with Gasteiger partial charge in [-0.3, -0.25) is 4.79 Å². The lowest BCUT2D eigenvalue weighted by atomic mass is 10.1. The largest absolute Gasteiger partial charge is 0.498 e. The number of carbonyl (C=O) groups is 1. The maximum atomic E-state index is 11.7. The second-order valence-corrected chi connectivity index (χ2v) is 3.76. The highest BCUT2D eigenvalue weighted by Gasteiger charge is 2.27. The minimum atomic E-state index is -0.176. The molecule has 1 aromatic rings. The summed E-state index contributed by atoms with van der Waals surface area (Å²) in [7, 11) is 0. The molecule has 0 unspecified atom stereocenters. The molecule has 0 aromatic carbocycles. The minimum Gasteiger partial charge on any atom is -0.498 e. The topological polar surface area (TPSA) is 51.2 Å². The first-order valence-corrected chi connectivity index (χ1v) is 5.32. The van der Waals surface area contributed by atoms with Gasteiger partial charge in [-0.2, -0.15) is 0 Å². The van der Waals surface area contributed by atoms with E-state index >= 15 is 0 Å². The number of anilines is 1. The molecule has 5 heteroatoms. The molecule has 0 spiro atoms. The molecule has 2 rings (SSSR count). The normalized spacial score (nSPS) is 16.8. The number of halogens is 1. The predicted octanol–water partition coefficient (Wildman–Crippen LogP) is 2.45. The second-order valence-electron chi connectivity index (χ2n) is 3.37. The predicted molar refractivity (Wildman–Crippen MR) is 62.1 cm³/mol. The molecular formula is C11H11ClN2O2. The van der Waals surface area contributed by atoms with E-state index in [2.05, 4.69) is 10.3 Å². The molecule has 0 atom stereocenters. The average Bonchev–Trinajstić information content (AvgIpc) is 2.53. The SMILES string of the molecule is CCO/C(C)=C1\C(=O)Nc2cnc(Cl)cc21.